The van der Waals surface area contributed by atoms with E-state index < -0.39 is 0 Å². The van der Waals surface area contributed by atoms with Crippen molar-refractivity contribution in [3.63, 3.8) is 0 Å². The van der Waals surface area contributed by atoms with Crippen LogP contribution in [0.15, 0.2) is 29.3 Å². The number of aromatic nitrogens is 1. The van der Waals surface area contributed by atoms with Gasteiger partial charge >= 0.3 is 0 Å². The zero-order valence-electron chi connectivity index (χ0n) is 13.9. The summed E-state index contributed by atoms with van der Waals surface area (Å²) in [5.41, 5.74) is 4.86. The van der Waals surface area contributed by atoms with Gasteiger partial charge in [-0.3, -0.25) is 9.79 Å². The van der Waals surface area contributed by atoms with Gasteiger partial charge in [0.15, 0.2) is 0 Å². The van der Waals surface area contributed by atoms with Crippen LogP contribution in [0.5, 0.6) is 0 Å². The Kier molecular flexibility index (Phi) is 3.29. The maximum Gasteiger partial charge on any atom is 0.223 e. The van der Waals surface area contributed by atoms with E-state index in [1.807, 2.05) is 14.1 Å². The Bertz CT molecular complexity index is 802. The monoisotopic (exact) mass is 309 g/mol. The van der Waals surface area contributed by atoms with E-state index >= 15 is 0 Å². The lowest BCUT2D eigenvalue weighted by Crippen LogP contribution is -2.42. The molecule has 23 heavy (non-hydrogen) atoms. The number of hydrogen-bond donors (Lipinski definition) is 1. The summed E-state index contributed by atoms with van der Waals surface area (Å²) in [5.74, 6) is 0.211. The summed E-state index contributed by atoms with van der Waals surface area (Å²) in [5, 5.41) is 1.25. The SMILES string of the molecule is CN(C)C(=O)C[C@]12CCCN=C1c1c([nH]c3ccccc13)CC2. The molecule has 0 spiro atoms. The number of fused-ring (bicyclic) bond motifs is 5. The van der Waals surface area contributed by atoms with Crippen LogP contribution < -0.4 is 0 Å². The van der Waals surface area contributed by atoms with Crippen LogP contribution in [0.4, 0.5) is 0 Å². The van der Waals surface area contributed by atoms with Crippen LogP contribution in [-0.2, 0) is 11.2 Å². The molecule has 4 rings (SSSR count). The molecule has 4 nitrogen and oxygen atoms in total. The summed E-state index contributed by atoms with van der Waals surface area (Å²) in [6.07, 6.45) is 4.76. The molecule has 1 aliphatic heterocycles. The molecule has 0 saturated carbocycles. The minimum Gasteiger partial charge on any atom is -0.358 e. The van der Waals surface area contributed by atoms with Crippen molar-refractivity contribution in [2.45, 2.75) is 32.1 Å². The molecular weight excluding hydrogens is 286 g/mol. The summed E-state index contributed by atoms with van der Waals surface area (Å²) < 4.78 is 0. The van der Waals surface area contributed by atoms with Crippen molar-refractivity contribution in [1.29, 1.82) is 0 Å². The first-order valence-electron chi connectivity index (χ1n) is 8.46. The molecule has 0 fully saturated rings. The first kappa shape index (κ1) is 14.5. The van der Waals surface area contributed by atoms with Crippen LogP contribution in [0.25, 0.3) is 10.9 Å². The standard InChI is InChI=1S/C19H23N3O/c1-22(2)16(23)12-19-9-5-11-20-18(19)17-13-6-3-4-7-14(13)21-15(17)8-10-19/h3-4,6-7,21H,5,8-12H2,1-2H3/t19-/m1/s1. The van der Waals surface area contributed by atoms with Gasteiger partial charge in [0.25, 0.3) is 0 Å². The van der Waals surface area contributed by atoms with Crippen molar-refractivity contribution in [2.75, 3.05) is 20.6 Å². The quantitative estimate of drug-likeness (QED) is 0.910. The molecule has 1 aliphatic carbocycles. The summed E-state index contributed by atoms with van der Waals surface area (Å²) in [6, 6.07) is 8.45. The average Bonchev–Trinajstić information content (AvgIpc) is 2.93. The highest BCUT2D eigenvalue weighted by atomic mass is 16.2. The third-order valence-corrected chi connectivity index (χ3v) is 5.45. The second kappa shape index (κ2) is 5.22. The van der Waals surface area contributed by atoms with Crippen LogP contribution in [0.2, 0.25) is 0 Å². The van der Waals surface area contributed by atoms with Gasteiger partial charge in [0.1, 0.15) is 0 Å². The fraction of sp³-hybridized carbons (Fsp3) is 0.474. The zero-order chi connectivity index (χ0) is 16.0. The Morgan fingerprint density at radius 1 is 1.30 bits per heavy atom. The Morgan fingerprint density at radius 2 is 2.13 bits per heavy atom. The molecule has 1 N–H and O–H groups in total. The third-order valence-electron chi connectivity index (χ3n) is 5.45. The van der Waals surface area contributed by atoms with Crippen LogP contribution in [-0.4, -0.2) is 42.1 Å². The van der Waals surface area contributed by atoms with Gasteiger partial charge in [0, 0.05) is 54.6 Å². The van der Waals surface area contributed by atoms with Crippen LogP contribution >= 0.6 is 0 Å². The van der Waals surface area contributed by atoms with Crippen LogP contribution in [0.1, 0.15) is 36.9 Å². The summed E-state index contributed by atoms with van der Waals surface area (Å²) in [4.78, 5) is 22.6. The number of H-pyrrole nitrogens is 1. The van der Waals surface area contributed by atoms with Crippen LogP contribution in [0.3, 0.4) is 0 Å². The molecule has 1 aromatic carbocycles. The van der Waals surface area contributed by atoms with Crippen molar-refractivity contribution in [1.82, 2.24) is 9.88 Å². The topological polar surface area (TPSA) is 48.5 Å². The Balaban J connectivity index is 1.85. The van der Waals surface area contributed by atoms with E-state index in [1.54, 1.807) is 4.90 Å². The minimum atomic E-state index is -0.0719. The maximum atomic E-state index is 12.4. The van der Waals surface area contributed by atoms with Gasteiger partial charge in [0.05, 0.1) is 5.71 Å². The highest BCUT2D eigenvalue weighted by Gasteiger charge is 2.44. The number of nitrogens with zero attached hydrogens (tertiary/aromatic N) is 2. The lowest BCUT2D eigenvalue weighted by molar-refractivity contribution is -0.130. The smallest absolute Gasteiger partial charge is 0.223 e. The number of carbonyl (C=O) groups excluding carboxylic acids is 1. The number of amides is 1. The largest absolute Gasteiger partial charge is 0.358 e. The molecule has 0 unspecified atom stereocenters. The second-order valence-electron chi connectivity index (χ2n) is 7.10. The zero-order valence-corrected chi connectivity index (χ0v) is 13.9. The molecule has 1 atom stereocenters. The summed E-state index contributed by atoms with van der Waals surface area (Å²) >= 11 is 0. The van der Waals surface area contributed by atoms with E-state index in [1.165, 1.54) is 27.9 Å². The number of aryl methyl sites for hydroxylation is 1. The van der Waals surface area contributed by atoms with E-state index in [-0.39, 0.29) is 11.3 Å². The van der Waals surface area contributed by atoms with E-state index in [0.29, 0.717) is 6.42 Å². The van der Waals surface area contributed by atoms with Gasteiger partial charge in [0.2, 0.25) is 5.91 Å². The molecule has 4 heteroatoms. The second-order valence-corrected chi connectivity index (χ2v) is 7.10. The van der Waals surface area contributed by atoms with Gasteiger partial charge in [-0.1, -0.05) is 18.2 Å². The molecule has 0 bridgehead atoms. The Hall–Kier alpha value is -2.10. The molecule has 0 radical (unpaired) electrons. The predicted octanol–water partition coefficient (Wildman–Crippen LogP) is 3.16. The van der Waals surface area contributed by atoms with E-state index in [2.05, 4.69) is 29.2 Å². The third kappa shape index (κ3) is 2.19. The summed E-state index contributed by atoms with van der Waals surface area (Å²) in [7, 11) is 3.69. The molecule has 0 saturated heterocycles. The van der Waals surface area contributed by atoms with Crippen molar-refractivity contribution >= 4 is 22.5 Å². The number of nitrogens with one attached hydrogen (secondary N) is 1. The number of benzene rings is 1. The minimum absolute atomic E-state index is 0.0719. The Morgan fingerprint density at radius 3 is 2.96 bits per heavy atom. The molecule has 2 aromatic rings. The fourth-order valence-corrected chi connectivity index (χ4v) is 4.21. The van der Waals surface area contributed by atoms with E-state index in [4.69, 9.17) is 4.99 Å². The lowest BCUT2D eigenvalue weighted by Gasteiger charge is -2.41. The van der Waals surface area contributed by atoms with Gasteiger partial charge in [-0.05, 0) is 31.7 Å². The van der Waals surface area contributed by atoms with Gasteiger partial charge < -0.3 is 9.88 Å². The molecule has 2 aliphatic rings. The Labute approximate surface area is 136 Å². The predicted molar refractivity (Wildman–Crippen MR) is 93.0 cm³/mol. The molecule has 1 aromatic heterocycles. The van der Waals surface area contributed by atoms with Gasteiger partial charge in [-0.25, -0.2) is 0 Å². The summed E-state index contributed by atoms with van der Waals surface area (Å²) in [6.45, 7) is 0.881. The highest BCUT2D eigenvalue weighted by molar-refractivity contribution is 6.16. The number of aliphatic imine (C=N–C) groups is 1. The first-order chi connectivity index (χ1) is 11.1. The first-order valence-corrected chi connectivity index (χ1v) is 8.46. The molecule has 120 valence electrons. The number of carbonyl (C=O) groups is 1. The maximum absolute atomic E-state index is 12.4. The van der Waals surface area contributed by atoms with Crippen LogP contribution in [0, 0.1) is 5.41 Å². The van der Waals surface area contributed by atoms with Crippen molar-refractivity contribution in [3.05, 3.63) is 35.5 Å². The highest BCUT2D eigenvalue weighted by Crippen LogP contribution is 2.46. The fourth-order valence-electron chi connectivity index (χ4n) is 4.21. The van der Waals surface area contributed by atoms with Gasteiger partial charge in [-0.15, -0.1) is 0 Å². The number of aromatic amines is 1. The van der Waals surface area contributed by atoms with Crippen molar-refractivity contribution in [2.24, 2.45) is 10.4 Å². The molecular formula is C19H23N3O. The van der Waals surface area contributed by atoms with Crippen molar-refractivity contribution in [3.8, 4) is 0 Å². The number of rotatable bonds is 2. The lowest BCUT2D eigenvalue weighted by atomic mass is 9.65. The molecule has 2 heterocycles. The number of para-hydroxylation sites is 1. The van der Waals surface area contributed by atoms with Crippen molar-refractivity contribution < 1.29 is 4.79 Å². The number of hydrogen-bond acceptors (Lipinski definition) is 2. The average molecular weight is 309 g/mol. The van der Waals surface area contributed by atoms with E-state index in [0.717, 1.165) is 32.2 Å². The molecule has 1 amide bonds. The van der Waals surface area contributed by atoms with Gasteiger partial charge in [-0.2, -0.15) is 0 Å². The van der Waals surface area contributed by atoms with E-state index in [9.17, 15) is 4.79 Å². The normalized spacial score (nSPS) is 23.1.